The molecule has 0 bridgehead atoms. The van der Waals surface area contributed by atoms with Gasteiger partial charge in [-0.1, -0.05) is 12.1 Å². The van der Waals surface area contributed by atoms with Crippen LogP contribution in [0.5, 0.6) is 5.75 Å². The first-order valence-corrected chi connectivity index (χ1v) is 6.97. The Morgan fingerprint density at radius 2 is 2.00 bits per heavy atom. The third-order valence-corrected chi connectivity index (χ3v) is 3.67. The summed E-state index contributed by atoms with van der Waals surface area (Å²) in [5, 5.41) is 8.73. The Kier molecular flexibility index (Phi) is 4.98. The second kappa shape index (κ2) is 6.72. The number of nitrogens with zero attached hydrogens (tertiary/aromatic N) is 1. The highest BCUT2D eigenvalue weighted by Gasteiger charge is 2.18. The topological polar surface area (TPSA) is 75.8 Å². The van der Waals surface area contributed by atoms with Crippen molar-refractivity contribution in [3.8, 4) is 5.75 Å². The molecule has 1 heterocycles. The standard InChI is InChI=1S/C15H22N2O3/c1-17-8-6-13(7-9-17)20-12-4-2-11(3-5-12)14(16)10-15(18)19/h2-5,13-14H,6-10,16H2,1H3,(H,18,19). The smallest absolute Gasteiger partial charge is 0.305 e. The summed E-state index contributed by atoms with van der Waals surface area (Å²) in [4.78, 5) is 12.9. The molecule has 1 aromatic rings. The fourth-order valence-corrected chi connectivity index (χ4v) is 2.39. The molecule has 0 radical (unpaired) electrons. The summed E-state index contributed by atoms with van der Waals surface area (Å²) in [6.45, 7) is 2.12. The van der Waals surface area contributed by atoms with E-state index in [2.05, 4.69) is 11.9 Å². The zero-order valence-corrected chi connectivity index (χ0v) is 11.8. The van der Waals surface area contributed by atoms with Crippen LogP contribution >= 0.6 is 0 Å². The fraction of sp³-hybridized carbons (Fsp3) is 0.533. The number of likely N-dealkylation sites (tertiary alicyclic amines) is 1. The second-order valence-corrected chi connectivity index (χ2v) is 5.39. The van der Waals surface area contributed by atoms with Crippen molar-refractivity contribution in [2.45, 2.75) is 31.4 Å². The van der Waals surface area contributed by atoms with Crippen molar-refractivity contribution in [2.24, 2.45) is 5.73 Å². The van der Waals surface area contributed by atoms with Crippen molar-refractivity contribution in [3.05, 3.63) is 29.8 Å². The van der Waals surface area contributed by atoms with Crippen LogP contribution in [0.3, 0.4) is 0 Å². The summed E-state index contributed by atoms with van der Waals surface area (Å²) in [5.74, 6) is -0.0602. The monoisotopic (exact) mass is 278 g/mol. The van der Waals surface area contributed by atoms with Gasteiger partial charge in [-0.05, 0) is 37.6 Å². The molecule has 1 saturated heterocycles. The minimum absolute atomic E-state index is 0.0604. The molecule has 5 nitrogen and oxygen atoms in total. The molecular weight excluding hydrogens is 256 g/mol. The predicted molar refractivity (Wildman–Crippen MR) is 76.8 cm³/mol. The zero-order chi connectivity index (χ0) is 14.5. The van der Waals surface area contributed by atoms with Crippen molar-refractivity contribution in [3.63, 3.8) is 0 Å². The number of carbonyl (C=O) groups is 1. The van der Waals surface area contributed by atoms with Gasteiger partial charge in [-0.25, -0.2) is 0 Å². The van der Waals surface area contributed by atoms with Crippen LogP contribution in [-0.2, 0) is 4.79 Å². The van der Waals surface area contributed by atoms with Crippen LogP contribution in [0.25, 0.3) is 0 Å². The van der Waals surface area contributed by atoms with Crippen LogP contribution < -0.4 is 10.5 Å². The normalized spacial score (nSPS) is 18.7. The molecule has 20 heavy (non-hydrogen) atoms. The maximum Gasteiger partial charge on any atom is 0.305 e. The predicted octanol–water partition coefficient (Wildman–Crippen LogP) is 1.63. The maximum atomic E-state index is 10.6. The summed E-state index contributed by atoms with van der Waals surface area (Å²) in [6, 6.07) is 6.96. The molecule has 0 spiro atoms. The molecule has 1 aromatic carbocycles. The largest absolute Gasteiger partial charge is 0.490 e. The van der Waals surface area contributed by atoms with Crippen molar-refractivity contribution in [1.82, 2.24) is 4.90 Å². The SMILES string of the molecule is CN1CCC(Oc2ccc(C(N)CC(=O)O)cc2)CC1. The minimum atomic E-state index is -0.885. The first-order valence-electron chi connectivity index (χ1n) is 6.97. The highest BCUT2D eigenvalue weighted by atomic mass is 16.5. The van der Waals surface area contributed by atoms with Crippen LogP contribution in [0, 0.1) is 0 Å². The average molecular weight is 278 g/mol. The van der Waals surface area contributed by atoms with Crippen LogP contribution in [0.2, 0.25) is 0 Å². The number of benzene rings is 1. The highest BCUT2D eigenvalue weighted by molar-refractivity contribution is 5.67. The van der Waals surface area contributed by atoms with E-state index in [4.69, 9.17) is 15.6 Å². The number of nitrogens with two attached hydrogens (primary N) is 1. The Balaban J connectivity index is 1.89. The maximum absolute atomic E-state index is 10.6. The molecule has 5 heteroatoms. The first kappa shape index (κ1) is 14.8. The number of aliphatic carboxylic acids is 1. The number of rotatable bonds is 5. The molecule has 110 valence electrons. The molecule has 0 saturated carbocycles. The molecule has 0 aliphatic carbocycles. The Morgan fingerprint density at radius 3 is 2.55 bits per heavy atom. The van der Waals surface area contributed by atoms with E-state index in [-0.39, 0.29) is 12.5 Å². The van der Waals surface area contributed by atoms with E-state index in [1.165, 1.54) is 0 Å². The number of piperidine rings is 1. The van der Waals surface area contributed by atoms with Crippen LogP contribution in [0.15, 0.2) is 24.3 Å². The van der Waals surface area contributed by atoms with Gasteiger partial charge in [-0.15, -0.1) is 0 Å². The summed E-state index contributed by atoms with van der Waals surface area (Å²) in [6.07, 6.45) is 2.28. The van der Waals surface area contributed by atoms with E-state index >= 15 is 0 Å². The molecule has 0 aromatic heterocycles. The van der Waals surface area contributed by atoms with Crippen LogP contribution in [-0.4, -0.2) is 42.2 Å². The van der Waals surface area contributed by atoms with Crippen molar-refractivity contribution < 1.29 is 14.6 Å². The number of hydrogen-bond donors (Lipinski definition) is 2. The van der Waals surface area contributed by atoms with Crippen LogP contribution in [0.1, 0.15) is 30.9 Å². The van der Waals surface area contributed by atoms with Gasteiger partial charge >= 0.3 is 5.97 Å². The van der Waals surface area contributed by atoms with Crippen molar-refractivity contribution >= 4 is 5.97 Å². The Morgan fingerprint density at radius 1 is 1.40 bits per heavy atom. The number of hydrogen-bond acceptors (Lipinski definition) is 4. The molecule has 1 aliphatic rings. The highest BCUT2D eigenvalue weighted by Crippen LogP contribution is 2.21. The molecule has 1 aliphatic heterocycles. The number of ether oxygens (including phenoxy) is 1. The van der Waals surface area contributed by atoms with E-state index < -0.39 is 12.0 Å². The fourth-order valence-electron chi connectivity index (χ4n) is 2.39. The van der Waals surface area contributed by atoms with Gasteiger partial charge in [0.1, 0.15) is 11.9 Å². The van der Waals surface area contributed by atoms with E-state index in [1.807, 2.05) is 24.3 Å². The van der Waals surface area contributed by atoms with Gasteiger partial charge in [0, 0.05) is 19.1 Å². The van der Waals surface area contributed by atoms with E-state index in [0.29, 0.717) is 0 Å². The van der Waals surface area contributed by atoms with E-state index in [1.54, 1.807) is 0 Å². The summed E-state index contributed by atoms with van der Waals surface area (Å²) < 4.78 is 5.94. The lowest BCUT2D eigenvalue weighted by atomic mass is 10.0. The third-order valence-electron chi connectivity index (χ3n) is 3.67. The molecule has 1 unspecified atom stereocenters. The second-order valence-electron chi connectivity index (χ2n) is 5.39. The summed E-state index contributed by atoms with van der Waals surface area (Å²) >= 11 is 0. The van der Waals surface area contributed by atoms with E-state index in [0.717, 1.165) is 37.2 Å². The minimum Gasteiger partial charge on any atom is -0.490 e. The van der Waals surface area contributed by atoms with Gasteiger partial charge < -0.3 is 20.5 Å². The Hall–Kier alpha value is -1.59. The molecule has 2 rings (SSSR count). The molecule has 1 atom stereocenters. The average Bonchev–Trinajstić information content (AvgIpc) is 2.41. The lowest BCUT2D eigenvalue weighted by Crippen LogP contribution is -2.35. The van der Waals surface area contributed by atoms with Crippen LogP contribution in [0.4, 0.5) is 0 Å². The van der Waals surface area contributed by atoms with Gasteiger partial charge in [0.2, 0.25) is 0 Å². The van der Waals surface area contributed by atoms with Crippen molar-refractivity contribution in [1.29, 1.82) is 0 Å². The first-order chi connectivity index (χ1) is 9.54. The van der Waals surface area contributed by atoms with Gasteiger partial charge in [0.25, 0.3) is 0 Å². The van der Waals surface area contributed by atoms with Crippen molar-refractivity contribution in [2.75, 3.05) is 20.1 Å². The third kappa shape index (κ3) is 4.21. The quantitative estimate of drug-likeness (QED) is 0.856. The lowest BCUT2D eigenvalue weighted by Gasteiger charge is -2.29. The zero-order valence-electron chi connectivity index (χ0n) is 11.8. The number of carboxylic acid groups (broad SMARTS) is 1. The molecule has 0 amide bonds. The van der Waals surface area contributed by atoms with E-state index in [9.17, 15) is 4.79 Å². The molecule has 1 fully saturated rings. The summed E-state index contributed by atoms with van der Waals surface area (Å²) in [5.41, 5.74) is 6.64. The van der Waals surface area contributed by atoms with Gasteiger partial charge in [-0.2, -0.15) is 0 Å². The van der Waals surface area contributed by atoms with Gasteiger partial charge in [0.05, 0.1) is 6.42 Å². The molecular formula is C15H22N2O3. The van der Waals surface area contributed by atoms with Gasteiger partial charge in [-0.3, -0.25) is 4.79 Å². The lowest BCUT2D eigenvalue weighted by molar-refractivity contribution is -0.137. The summed E-state index contributed by atoms with van der Waals surface area (Å²) in [7, 11) is 2.12. The molecule has 3 N–H and O–H groups in total. The Bertz CT molecular complexity index is 439. The van der Waals surface area contributed by atoms with Gasteiger partial charge in [0.15, 0.2) is 0 Å². The Labute approximate surface area is 119 Å². The number of carboxylic acids is 1.